The Kier molecular flexibility index (Phi) is 18.8. The number of aliphatic hydroxyl groups is 5. The van der Waals surface area contributed by atoms with E-state index >= 15 is 0 Å². The summed E-state index contributed by atoms with van der Waals surface area (Å²) in [6, 6.07) is -0.809. The van der Waals surface area contributed by atoms with Crippen LogP contribution in [0.15, 0.2) is 24.3 Å². The van der Waals surface area contributed by atoms with E-state index in [0.717, 1.165) is 51.4 Å². The molecule has 0 aromatic rings. The number of carbonyl (C=O) groups excluding carboxylic acids is 1. The lowest BCUT2D eigenvalue weighted by molar-refractivity contribution is -0.302. The number of amides is 1. The van der Waals surface area contributed by atoms with Crippen LogP contribution in [-0.2, 0) is 14.3 Å². The number of ether oxygens (including phenoxy) is 2. The van der Waals surface area contributed by atoms with Gasteiger partial charge in [0.05, 0.1) is 25.4 Å². The van der Waals surface area contributed by atoms with E-state index in [4.69, 9.17) is 9.47 Å². The number of hydrogen-bond acceptors (Lipinski definition) is 8. The number of aliphatic hydroxyl groups excluding tert-OH is 5. The van der Waals surface area contributed by atoms with Gasteiger partial charge in [-0.3, -0.25) is 4.79 Å². The molecule has 1 fully saturated rings. The molecule has 0 aromatic heterocycles. The fraction of sp³-hybridized carbons (Fsp3) is 0.821. The van der Waals surface area contributed by atoms with Crippen LogP contribution in [-0.4, -0.2) is 87.5 Å². The number of allylic oxidation sites excluding steroid dienone is 3. The van der Waals surface area contributed by atoms with Crippen molar-refractivity contribution < 1.29 is 39.8 Å². The number of unbranched alkanes of at least 4 members (excludes halogenated alkanes) is 8. The van der Waals surface area contributed by atoms with Crippen molar-refractivity contribution in [1.29, 1.82) is 0 Å². The van der Waals surface area contributed by atoms with Crippen LogP contribution in [0.3, 0.4) is 0 Å². The maximum atomic E-state index is 12.5. The lowest BCUT2D eigenvalue weighted by Gasteiger charge is -2.40. The summed E-state index contributed by atoms with van der Waals surface area (Å²) in [7, 11) is 0. The molecule has 7 unspecified atom stereocenters. The normalized spacial score (nSPS) is 26.1. The van der Waals surface area contributed by atoms with Crippen molar-refractivity contribution in [2.75, 3.05) is 13.2 Å². The molecule has 216 valence electrons. The van der Waals surface area contributed by atoms with E-state index in [-0.39, 0.29) is 12.5 Å². The van der Waals surface area contributed by atoms with Crippen LogP contribution < -0.4 is 5.32 Å². The first-order valence-electron chi connectivity index (χ1n) is 14.1. The summed E-state index contributed by atoms with van der Waals surface area (Å²) in [5, 5.41) is 53.1. The summed E-state index contributed by atoms with van der Waals surface area (Å²) in [6.07, 6.45) is 11.4. The average Bonchev–Trinajstić information content (AvgIpc) is 2.89. The second kappa shape index (κ2) is 20.6. The van der Waals surface area contributed by atoms with Crippen molar-refractivity contribution in [3.05, 3.63) is 24.3 Å². The fourth-order valence-electron chi connectivity index (χ4n) is 4.11. The zero-order valence-corrected chi connectivity index (χ0v) is 22.7. The molecule has 37 heavy (non-hydrogen) atoms. The second-order valence-electron chi connectivity index (χ2n) is 9.83. The van der Waals surface area contributed by atoms with Gasteiger partial charge in [-0.05, 0) is 32.1 Å². The van der Waals surface area contributed by atoms with Gasteiger partial charge in [-0.1, -0.05) is 76.7 Å². The van der Waals surface area contributed by atoms with Gasteiger partial charge in [-0.25, -0.2) is 0 Å². The van der Waals surface area contributed by atoms with Gasteiger partial charge in [0, 0.05) is 6.42 Å². The maximum absolute atomic E-state index is 12.5. The summed E-state index contributed by atoms with van der Waals surface area (Å²) in [6.45, 7) is 3.54. The van der Waals surface area contributed by atoms with Gasteiger partial charge in [0.1, 0.15) is 24.4 Å². The quantitative estimate of drug-likeness (QED) is 0.104. The van der Waals surface area contributed by atoms with E-state index in [1.807, 2.05) is 6.08 Å². The highest BCUT2D eigenvalue weighted by Gasteiger charge is 2.44. The molecule has 7 atom stereocenters. The highest BCUT2D eigenvalue weighted by atomic mass is 16.7. The number of rotatable bonds is 20. The Labute approximate surface area is 222 Å². The summed E-state index contributed by atoms with van der Waals surface area (Å²) in [5.41, 5.74) is 0. The Hall–Kier alpha value is -1.33. The van der Waals surface area contributed by atoms with Crippen LogP contribution in [0.25, 0.3) is 0 Å². The fourth-order valence-corrected chi connectivity index (χ4v) is 4.11. The molecular weight excluding hydrogens is 478 g/mol. The van der Waals surface area contributed by atoms with Crippen LogP contribution in [0.5, 0.6) is 0 Å². The third-order valence-corrected chi connectivity index (χ3v) is 6.53. The Morgan fingerprint density at radius 3 is 2.24 bits per heavy atom. The van der Waals surface area contributed by atoms with Gasteiger partial charge in [0.25, 0.3) is 0 Å². The monoisotopic (exact) mass is 529 g/mol. The summed E-state index contributed by atoms with van der Waals surface area (Å²) in [4.78, 5) is 12.5. The van der Waals surface area contributed by atoms with E-state index in [0.29, 0.717) is 6.42 Å². The average molecular weight is 530 g/mol. The molecule has 0 saturated carbocycles. The van der Waals surface area contributed by atoms with Gasteiger partial charge in [-0.2, -0.15) is 0 Å². The van der Waals surface area contributed by atoms with Crippen molar-refractivity contribution >= 4 is 5.91 Å². The van der Waals surface area contributed by atoms with Crippen molar-refractivity contribution in [2.24, 2.45) is 0 Å². The first-order valence-corrected chi connectivity index (χ1v) is 14.1. The molecule has 1 saturated heterocycles. The van der Waals surface area contributed by atoms with Crippen molar-refractivity contribution in [3.8, 4) is 0 Å². The van der Waals surface area contributed by atoms with Gasteiger partial charge in [-0.15, -0.1) is 0 Å². The Morgan fingerprint density at radius 2 is 1.54 bits per heavy atom. The third kappa shape index (κ3) is 13.9. The molecule has 0 aliphatic carbocycles. The molecule has 0 aromatic carbocycles. The first kappa shape index (κ1) is 33.7. The minimum absolute atomic E-state index is 0.201. The smallest absolute Gasteiger partial charge is 0.220 e. The van der Waals surface area contributed by atoms with Crippen molar-refractivity contribution in [2.45, 2.75) is 134 Å². The predicted octanol–water partition coefficient (Wildman–Crippen LogP) is 2.48. The zero-order valence-electron chi connectivity index (χ0n) is 22.7. The van der Waals surface area contributed by atoms with Crippen LogP contribution in [0, 0.1) is 0 Å². The van der Waals surface area contributed by atoms with E-state index in [1.165, 1.54) is 19.3 Å². The predicted molar refractivity (Wildman–Crippen MR) is 143 cm³/mol. The van der Waals surface area contributed by atoms with Crippen LogP contribution in [0.1, 0.15) is 90.9 Å². The molecular formula is C28H51NO8. The van der Waals surface area contributed by atoms with E-state index in [9.17, 15) is 30.3 Å². The standard InChI is InChI=1S/C28H51NO8/c1-3-5-7-9-10-11-12-14-15-17-22(31)21(29-24(32)18-16-13-8-6-4-2)20-36-28-27(35)26(34)25(33)23(19-30)37-28/h10-11,15,17,21-23,25-28,30-31,33-35H,3-9,12-14,16,18-20H2,1-2H3,(H,29,32)/b11-10+,17-15+. The van der Waals surface area contributed by atoms with E-state index < -0.39 is 49.5 Å². The van der Waals surface area contributed by atoms with Crippen LogP contribution in [0.4, 0.5) is 0 Å². The minimum Gasteiger partial charge on any atom is -0.394 e. The Balaban J connectivity index is 2.66. The SMILES string of the molecule is CCCCC/C=C/CC/C=C/C(O)C(COC1OC(CO)C(O)C(O)C1O)NC(=O)CCCCCCC. The van der Waals surface area contributed by atoms with Gasteiger partial charge >= 0.3 is 0 Å². The lowest BCUT2D eigenvalue weighted by atomic mass is 9.99. The van der Waals surface area contributed by atoms with Gasteiger partial charge in [0.15, 0.2) is 6.29 Å². The Bertz CT molecular complexity index is 642. The molecule has 1 aliphatic rings. The molecule has 1 aliphatic heterocycles. The summed E-state index contributed by atoms with van der Waals surface area (Å²) < 4.78 is 11.0. The summed E-state index contributed by atoms with van der Waals surface area (Å²) in [5.74, 6) is -0.207. The molecule has 0 spiro atoms. The topological polar surface area (TPSA) is 149 Å². The second-order valence-corrected chi connectivity index (χ2v) is 9.83. The highest BCUT2D eigenvalue weighted by Crippen LogP contribution is 2.22. The Morgan fingerprint density at radius 1 is 0.892 bits per heavy atom. The molecule has 9 nitrogen and oxygen atoms in total. The third-order valence-electron chi connectivity index (χ3n) is 6.53. The minimum atomic E-state index is -1.56. The molecule has 0 bridgehead atoms. The highest BCUT2D eigenvalue weighted by molar-refractivity contribution is 5.76. The molecule has 1 heterocycles. The first-order chi connectivity index (χ1) is 17.8. The van der Waals surface area contributed by atoms with E-state index in [2.05, 4.69) is 31.3 Å². The van der Waals surface area contributed by atoms with Crippen LogP contribution >= 0.6 is 0 Å². The molecule has 1 amide bonds. The largest absolute Gasteiger partial charge is 0.394 e. The number of nitrogens with one attached hydrogen (secondary N) is 1. The van der Waals surface area contributed by atoms with Crippen LogP contribution in [0.2, 0.25) is 0 Å². The molecule has 0 radical (unpaired) electrons. The molecule has 6 N–H and O–H groups in total. The molecule has 1 rings (SSSR count). The number of carbonyl (C=O) groups is 1. The van der Waals surface area contributed by atoms with Crippen molar-refractivity contribution in [3.63, 3.8) is 0 Å². The summed E-state index contributed by atoms with van der Waals surface area (Å²) >= 11 is 0. The number of hydrogen-bond donors (Lipinski definition) is 6. The van der Waals surface area contributed by atoms with Gasteiger partial charge < -0.3 is 40.3 Å². The zero-order chi connectivity index (χ0) is 27.5. The van der Waals surface area contributed by atoms with E-state index in [1.54, 1.807) is 6.08 Å². The lowest BCUT2D eigenvalue weighted by Crippen LogP contribution is -2.60. The maximum Gasteiger partial charge on any atom is 0.220 e. The molecule has 9 heteroatoms. The van der Waals surface area contributed by atoms with Gasteiger partial charge in [0.2, 0.25) is 5.91 Å². The van der Waals surface area contributed by atoms with Crippen molar-refractivity contribution in [1.82, 2.24) is 5.32 Å².